The van der Waals surface area contributed by atoms with E-state index < -0.39 is 0 Å². The van der Waals surface area contributed by atoms with Crippen molar-refractivity contribution in [1.82, 2.24) is 5.32 Å². The van der Waals surface area contributed by atoms with Crippen LogP contribution in [0.5, 0.6) is 0 Å². The van der Waals surface area contributed by atoms with Gasteiger partial charge < -0.3 is 10.4 Å². The standard InChI is InChI=1S/C8H15NO.ClH/c10-8(4-2-5-8)7-3-1-6-9-7;/h7,9-10H,1-6H2;1H. The zero-order valence-corrected chi connectivity index (χ0v) is 7.49. The van der Waals surface area contributed by atoms with E-state index in [0.29, 0.717) is 6.04 Å². The Labute approximate surface area is 73.8 Å². The molecule has 2 rings (SSSR count). The van der Waals surface area contributed by atoms with Crippen molar-refractivity contribution in [3.05, 3.63) is 0 Å². The van der Waals surface area contributed by atoms with E-state index in [-0.39, 0.29) is 18.0 Å². The molecule has 1 saturated carbocycles. The largest absolute Gasteiger partial charge is 0.388 e. The summed E-state index contributed by atoms with van der Waals surface area (Å²) in [6.07, 6.45) is 5.67. The first-order chi connectivity index (χ1) is 4.81. The van der Waals surface area contributed by atoms with Gasteiger partial charge in [0.2, 0.25) is 0 Å². The van der Waals surface area contributed by atoms with Crippen LogP contribution >= 0.6 is 12.4 Å². The molecule has 1 saturated heterocycles. The van der Waals surface area contributed by atoms with Gasteiger partial charge in [-0.2, -0.15) is 0 Å². The first kappa shape index (κ1) is 9.30. The summed E-state index contributed by atoms with van der Waals surface area (Å²) in [6, 6.07) is 0.418. The first-order valence-electron chi connectivity index (χ1n) is 4.27. The van der Waals surface area contributed by atoms with E-state index in [1.165, 1.54) is 19.3 Å². The summed E-state index contributed by atoms with van der Waals surface area (Å²) in [6.45, 7) is 1.10. The molecule has 0 aromatic heterocycles. The van der Waals surface area contributed by atoms with E-state index in [0.717, 1.165) is 19.4 Å². The molecule has 2 nitrogen and oxygen atoms in total. The fraction of sp³-hybridized carbons (Fsp3) is 1.00. The third-order valence-electron chi connectivity index (χ3n) is 2.93. The lowest BCUT2D eigenvalue weighted by molar-refractivity contribution is -0.0599. The zero-order chi connectivity index (χ0) is 7.03. The Balaban J connectivity index is 0.000000605. The Bertz CT molecular complexity index is 130. The van der Waals surface area contributed by atoms with Crippen LogP contribution in [0.3, 0.4) is 0 Å². The number of aliphatic hydroxyl groups is 1. The fourth-order valence-electron chi connectivity index (χ4n) is 2.03. The van der Waals surface area contributed by atoms with E-state index in [2.05, 4.69) is 5.32 Å². The Morgan fingerprint density at radius 2 is 2.00 bits per heavy atom. The van der Waals surface area contributed by atoms with Gasteiger partial charge in [0.05, 0.1) is 5.60 Å². The third-order valence-corrected chi connectivity index (χ3v) is 2.93. The van der Waals surface area contributed by atoms with Crippen LogP contribution in [0.15, 0.2) is 0 Å². The van der Waals surface area contributed by atoms with Crippen molar-refractivity contribution < 1.29 is 5.11 Å². The molecule has 1 aliphatic carbocycles. The van der Waals surface area contributed by atoms with E-state index in [4.69, 9.17) is 0 Å². The highest BCUT2D eigenvalue weighted by Crippen LogP contribution is 2.37. The number of nitrogens with one attached hydrogen (secondary N) is 1. The summed E-state index contributed by atoms with van der Waals surface area (Å²) in [5.74, 6) is 0. The van der Waals surface area contributed by atoms with Crippen molar-refractivity contribution in [1.29, 1.82) is 0 Å². The minimum absolute atomic E-state index is 0. The van der Waals surface area contributed by atoms with Crippen LogP contribution in [0.2, 0.25) is 0 Å². The predicted octanol–water partition coefficient (Wildman–Crippen LogP) is 1.08. The molecule has 3 heteroatoms. The van der Waals surface area contributed by atoms with E-state index in [1.807, 2.05) is 0 Å². The summed E-state index contributed by atoms with van der Waals surface area (Å²) in [4.78, 5) is 0. The number of rotatable bonds is 1. The highest BCUT2D eigenvalue weighted by Gasteiger charge is 2.42. The van der Waals surface area contributed by atoms with Gasteiger partial charge in [-0.15, -0.1) is 12.4 Å². The highest BCUT2D eigenvalue weighted by atomic mass is 35.5. The van der Waals surface area contributed by atoms with E-state index >= 15 is 0 Å². The van der Waals surface area contributed by atoms with Gasteiger partial charge in [0.1, 0.15) is 0 Å². The number of hydrogen-bond donors (Lipinski definition) is 2. The molecule has 1 atom stereocenters. The van der Waals surface area contributed by atoms with Crippen molar-refractivity contribution in [2.45, 2.75) is 43.7 Å². The quantitative estimate of drug-likeness (QED) is 0.628. The lowest BCUT2D eigenvalue weighted by atomic mass is 9.74. The van der Waals surface area contributed by atoms with Crippen molar-refractivity contribution in [3.8, 4) is 0 Å². The average Bonchev–Trinajstić information content (AvgIpc) is 2.33. The summed E-state index contributed by atoms with van der Waals surface area (Å²) in [7, 11) is 0. The molecule has 1 unspecified atom stereocenters. The van der Waals surface area contributed by atoms with Gasteiger partial charge in [0.25, 0.3) is 0 Å². The van der Waals surface area contributed by atoms with Gasteiger partial charge in [0.15, 0.2) is 0 Å². The molecule has 11 heavy (non-hydrogen) atoms. The second-order valence-electron chi connectivity index (χ2n) is 3.61. The zero-order valence-electron chi connectivity index (χ0n) is 6.68. The molecule has 2 fully saturated rings. The summed E-state index contributed by atoms with van der Waals surface area (Å²) in [5, 5.41) is 13.2. The molecule has 1 aliphatic heterocycles. The van der Waals surface area contributed by atoms with E-state index in [9.17, 15) is 5.11 Å². The van der Waals surface area contributed by atoms with Gasteiger partial charge >= 0.3 is 0 Å². The maximum Gasteiger partial charge on any atom is 0.0800 e. The van der Waals surface area contributed by atoms with Crippen molar-refractivity contribution in [2.75, 3.05) is 6.54 Å². The molecule has 0 radical (unpaired) electrons. The molecule has 0 aromatic carbocycles. The van der Waals surface area contributed by atoms with Gasteiger partial charge in [0, 0.05) is 6.04 Å². The van der Waals surface area contributed by atoms with Crippen LogP contribution in [0.1, 0.15) is 32.1 Å². The van der Waals surface area contributed by atoms with Crippen LogP contribution in [-0.4, -0.2) is 23.3 Å². The molecule has 0 amide bonds. The molecule has 2 N–H and O–H groups in total. The smallest absolute Gasteiger partial charge is 0.0800 e. The second-order valence-corrected chi connectivity index (χ2v) is 3.61. The Hall–Kier alpha value is 0.210. The van der Waals surface area contributed by atoms with Crippen LogP contribution in [0.25, 0.3) is 0 Å². The monoisotopic (exact) mass is 177 g/mol. The molecule has 2 aliphatic rings. The van der Waals surface area contributed by atoms with Gasteiger partial charge in [-0.3, -0.25) is 0 Å². The Morgan fingerprint density at radius 1 is 1.27 bits per heavy atom. The molecular formula is C8H16ClNO. The van der Waals surface area contributed by atoms with Gasteiger partial charge in [-0.25, -0.2) is 0 Å². The summed E-state index contributed by atoms with van der Waals surface area (Å²) >= 11 is 0. The summed E-state index contributed by atoms with van der Waals surface area (Å²) in [5.41, 5.74) is -0.309. The molecular weight excluding hydrogens is 162 g/mol. The van der Waals surface area contributed by atoms with Crippen molar-refractivity contribution >= 4 is 12.4 Å². The SMILES string of the molecule is Cl.OC1(C2CCCN2)CCC1. The normalized spacial score (nSPS) is 34.1. The topological polar surface area (TPSA) is 32.3 Å². The van der Waals surface area contributed by atoms with Crippen LogP contribution in [0.4, 0.5) is 0 Å². The second kappa shape index (κ2) is 3.30. The maximum absolute atomic E-state index is 9.85. The first-order valence-corrected chi connectivity index (χ1v) is 4.27. The molecule has 1 heterocycles. The van der Waals surface area contributed by atoms with Crippen LogP contribution in [0, 0.1) is 0 Å². The Kier molecular flexibility index (Phi) is 2.79. The average molecular weight is 178 g/mol. The number of halogens is 1. The molecule has 0 aromatic rings. The molecule has 66 valence electrons. The van der Waals surface area contributed by atoms with Crippen LogP contribution < -0.4 is 5.32 Å². The highest BCUT2D eigenvalue weighted by molar-refractivity contribution is 5.85. The molecule has 0 spiro atoms. The fourth-order valence-corrected chi connectivity index (χ4v) is 2.03. The van der Waals surface area contributed by atoms with E-state index in [1.54, 1.807) is 0 Å². The third kappa shape index (κ3) is 1.53. The maximum atomic E-state index is 9.85. The van der Waals surface area contributed by atoms with Gasteiger partial charge in [-0.1, -0.05) is 0 Å². The minimum Gasteiger partial charge on any atom is -0.388 e. The lowest BCUT2D eigenvalue weighted by Gasteiger charge is -2.41. The molecule has 0 bridgehead atoms. The van der Waals surface area contributed by atoms with Crippen molar-refractivity contribution in [2.24, 2.45) is 0 Å². The lowest BCUT2D eigenvalue weighted by Crippen LogP contribution is -2.52. The minimum atomic E-state index is -0.309. The number of hydrogen-bond acceptors (Lipinski definition) is 2. The summed E-state index contributed by atoms with van der Waals surface area (Å²) < 4.78 is 0. The van der Waals surface area contributed by atoms with Gasteiger partial charge in [-0.05, 0) is 38.6 Å². The van der Waals surface area contributed by atoms with Crippen LogP contribution in [-0.2, 0) is 0 Å². The Morgan fingerprint density at radius 3 is 2.36 bits per heavy atom. The predicted molar refractivity (Wildman–Crippen MR) is 47.1 cm³/mol. The van der Waals surface area contributed by atoms with Crippen molar-refractivity contribution in [3.63, 3.8) is 0 Å².